The molecule has 1 N–H and O–H groups in total. The number of hydrogen-bond acceptors (Lipinski definition) is 3. The number of nitrogens with one attached hydrogen (secondary N) is 1. The molecule has 0 aromatic heterocycles. The molecule has 0 fully saturated rings. The number of anilines is 2. The van der Waals surface area contributed by atoms with Crippen molar-refractivity contribution in [1.82, 2.24) is 0 Å². The average molecular weight is 321 g/mol. The van der Waals surface area contributed by atoms with E-state index in [9.17, 15) is 9.59 Å². The SMILES string of the molecule is Cc1cccc(C)c1NC(=O)C1=NN(c2ccccc2)C(=O)CC1. The number of aryl methyl sites for hydroxylation is 2. The Bertz CT molecular complexity index is 792. The van der Waals surface area contributed by atoms with Gasteiger partial charge in [-0.3, -0.25) is 9.59 Å². The number of nitrogens with zero attached hydrogens (tertiary/aromatic N) is 2. The lowest BCUT2D eigenvalue weighted by atomic mass is 10.1. The van der Waals surface area contributed by atoms with E-state index in [0.29, 0.717) is 17.8 Å². The lowest BCUT2D eigenvalue weighted by Gasteiger charge is -2.23. The summed E-state index contributed by atoms with van der Waals surface area (Å²) in [5.74, 6) is -0.370. The molecule has 122 valence electrons. The van der Waals surface area contributed by atoms with Crippen molar-refractivity contribution in [2.45, 2.75) is 26.7 Å². The van der Waals surface area contributed by atoms with Crippen LogP contribution in [0.3, 0.4) is 0 Å². The van der Waals surface area contributed by atoms with Crippen molar-refractivity contribution in [3.63, 3.8) is 0 Å². The summed E-state index contributed by atoms with van der Waals surface area (Å²) in [7, 11) is 0. The molecule has 0 radical (unpaired) electrons. The molecule has 5 heteroatoms. The second kappa shape index (κ2) is 6.66. The fourth-order valence-corrected chi connectivity index (χ4v) is 2.68. The molecular weight excluding hydrogens is 302 g/mol. The van der Waals surface area contributed by atoms with Crippen molar-refractivity contribution in [3.8, 4) is 0 Å². The maximum atomic E-state index is 12.6. The van der Waals surface area contributed by atoms with Crippen LogP contribution in [-0.4, -0.2) is 17.5 Å². The van der Waals surface area contributed by atoms with E-state index >= 15 is 0 Å². The highest BCUT2D eigenvalue weighted by Gasteiger charge is 2.25. The van der Waals surface area contributed by atoms with Gasteiger partial charge in [0.15, 0.2) is 0 Å². The summed E-state index contributed by atoms with van der Waals surface area (Å²) in [4.78, 5) is 24.7. The molecule has 2 amide bonds. The second-order valence-electron chi connectivity index (χ2n) is 5.81. The highest BCUT2D eigenvalue weighted by molar-refractivity contribution is 6.44. The van der Waals surface area contributed by atoms with Crippen molar-refractivity contribution < 1.29 is 9.59 Å². The van der Waals surface area contributed by atoms with E-state index in [-0.39, 0.29) is 18.2 Å². The van der Waals surface area contributed by atoms with Gasteiger partial charge in [0.25, 0.3) is 5.91 Å². The number of rotatable bonds is 3. The topological polar surface area (TPSA) is 61.8 Å². The molecule has 0 bridgehead atoms. The zero-order valence-corrected chi connectivity index (χ0v) is 13.7. The Balaban J connectivity index is 1.86. The van der Waals surface area contributed by atoms with Gasteiger partial charge in [0.2, 0.25) is 5.91 Å². The number of carbonyl (C=O) groups excluding carboxylic acids is 2. The fourth-order valence-electron chi connectivity index (χ4n) is 2.68. The van der Waals surface area contributed by atoms with E-state index < -0.39 is 0 Å². The lowest BCUT2D eigenvalue weighted by molar-refractivity contribution is -0.118. The van der Waals surface area contributed by atoms with Crippen LogP contribution in [0.2, 0.25) is 0 Å². The number of para-hydroxylation sites is 2. The van der Waals surface area contributed by atoms with Crippen LogP contribution in [0.15, 0.2) is 53.6 Å². The van der Waals surface area contributed by atoms with Crippen LogP contribution >= 0.6 is 0 Å². The van der Waals surface area contributed by atoms with Crippen molar-refractivity contribution in [3.05, 3.63) is 59.7 Å². The van der Waals surface area contributed by atoms with E-state index in [0.717, 1.165) is 16.8 Å². The Labute approximate surface area is 141 Å². The number of carbonyl (C=O) groups is 2. The molecule has 0 atom stereocenters. The van der Waals surface area contributed by atoms with Gasteiger partial charge in [-0.05, 0) is 37.1 Å². The summed E-state index contributed by atoms with van der Waals surface area (Å²) in [6, 6.07) is 15.0. The summed E-state index contributed by atoms with van der Waals surface area (Å²) in [5.41, 5.74) is 3.82. The Hall–Kier alpha value is -2.95. The minimum Gasteiger partial charge on any atom is -0.320 e. The number of hydrogen-bond donors (Lipinski definition) is 1. The van der Waals surface area contributed by atoms with Crippen LogP contribution in [0, 0.1) is 13.8 Å². The molecular formula is C19H19N3O2. The minimum absolute atomic E-state index is 0.107. The molecule has 5 nitrogen and oxygen atoms in total. The van der Waals surface area contributed by atoms with Crippen LogP contribution in [0.1, 0.15) is 24.0 Å². The maximum absolute atomic E-state index is 12.6. The van der Waals surface area contributed by atoms with E-state index in [4.69, 9.17) is 0 Å². The Morgan fingerprint density at radius 2 is 1.67 bits per heavy atom. The van der Waals surface area contributed by atoms with E-state index in [1.165, 1.54) is 5.01 Å². The normalized spacial score (nSPS) is 14.3. The fraction of sp³-hybridized carbons (Fsp3) is 0.211. The zero-order valence-electron chi connectivity index (χ0n) is 13.7. The molecule has 1 heterocycles. The molecule has 1 aliphatic heterocycles. The highest BCUT2D eigenvalue weighted by Crippen LogP contribution is 2.22. The first-order valence-electron chi connectivity index (χ1n) is 7.89. The van der Waals surface area contributed by atoms with Gasteiger partial charge in [-0.25, -0.2) is 5.01 Å². The van der Waals surface area contributed by atoms with Crippen LogP contribution in [-0.2, 0) is 9.59 Å². The number of hydrazone groups is 1. The molecule has 24 heavy (non-hydrogen) atoms. The van der Waals surface area contributed by atoms with E-state index in [1.807, 2.05) is 50.2 Å². The second-order valence-corrected chi connectivity index (χ2v) is 5.81. The molecule has 1 aliphatic rings. The molecule has 0 saturated carbocycles. The van der Waals surface area contributed by atoms with Gasteiger partial charge in [0.05, 0.1) is 5.69 Å². The molecule has 0 unspecified atom stereocenters. The highest BCUT2D eigenvalue weighted by atomic mass is 16.2. The molecule has 0 saturated heterocycles. The summed E-state index contributed by atoms with van der Waals surface area (Å²) in [5, 5.41) is 8.51. The Morgan fingerprint density at radius 1 is 1.00 bits per heavy atom. The summed E-state index contributed by atoms with van der Waals surface area (Å²) >= 11 is 0. The first-order valence-corrected chi connectivity index (χ1v) is 7.89. The average Bonchev–Trinajstić information content (AvgIpc) is 2.59. The minimum atomic E-state index is -0.263. The molecule has 0 spiro atoms. The van der Waals surface area contributed by atoms with Crippen molar-refractivity contribution in [1.29, 1.82) is 0 Å². The lowest BCUT2D eigenvalue weighted by Crippen LogP contribution is -2.36. The summed E-state index contributed by atoms with van der Waals surface area (Å²) in [6.45, 7) is 3.90. The van der Waals surface area contributed by atoms with Crippen molar-refractivity contribution in [2.24, 2.45) is 5.10 Å². The first-order chi connectivity index (χ1) is 11.6. The quantitative estimate of drug-likeness (QED) is 0.941. The molecule has 3 rings (SSSR count). The van der Waals surface area contributed by atoms with Crippen molar-refractivity contribution >= 4 is 28.9 Å². The van der Waals surface area contributed by atoms with Gasteiger partial charge in [-0.15, -0.1) is 0 Å². The van der Waals surface area contributed by atoms with Crippen LogP contribution in [0.5, 0.6) is 0 Å². The van der Waals surface area contributed by atoms with Gasteiger partial charge in [0, 0.05) is 18.5 Å². The third-order valence-corrected chi connectivity index (χ3v) is 4.02. The maximum Gasteiger partial charge on any atom is 0.271 e. The summed E-state index contributed by atoms with van der Waals surface area (Å²) < 4.78 is 0. The van der Waals surface area contributed by atoms with Gasteiger partial charge in [-0.2, -0.15) is 5.10 Å². The smallest absolute Gasteiger partial charge is 0.271 e. The first kappa shape index (κ1) is 15.9. The van der Waals surface area contributed by atoms with E-state index in [2.05, 4.69) is 10.4 Å². The van der Waals surface area contributed by atoms with E-state index in [1.54, 1.807) is 12.1 Å². The monoisotopic (exact) mass is 321 g/mol. The Kier molecular flexibility index (Phi) is 4.42. The molecule has 0 aliphatic carbocycles. The summed E-state index contributed by atoms with van der Waals surface area (Å²) in [6.07, 6.45) is 0.618. The number of benzene rings is 2. The number of amides is 2. The third kappa shape index (κ3) is 3.20. The van der Waals surface area contributed by atoms with Crippen LogP contribution in [0.4, 0.5) is 11.4 Å². The third-order valence-electron chi connectivity index (χ3n) is 4.02. The van der Waals surface area contributed by atoms with Crippen LogP contribution in [0.25, 0.3) is 0 Å². The van der Waals surface area contributed by atoms with Gasteiger partial charge in [-0.1, -0.05) is 36.4 Å². The van der Waals surface area contributed by atoms with Crippen molar-refractivity contribution in [2.75, 3.05) is 10.3 Å². The largest absolute Gasteiger partial charge is 0.320 e. The van der Waals surface area contributed by atoms with Gasteiger partial charge < -0.3 is 5.32 Å². The Morgan fingerprint density at radius 3 is 2.33 bits per heavy atom. The predicted octanol–water partition coefficient (Wildman–Crippen LogP) is 3.42. The predicted molar refractivity (Wildman–Crippen MR) is 95.1 cm³/mol. The van der Waals surface area contributed by atoms with Crippen LogP contribution < -0.4 is 10.3 Å². The standard InChI is InChI=1S/C19H19N3O2/c1-13-7-6-8-14(2)18(13)20-19(24)16-11-12-17(23)22(21-16)15-9-4-3-5-10-15/h3-10H,11-12H2,1-2H3,(H,20,24). The zero-order chi connectivity index (χ0) is 17.1. The molecule has 2 aromatic carbocycles. The van der Waals surface area contributed by atoms with Gasteiger partial charge in [0.1, 0.15) is 5.71 Å². The van der Waals surface area contributed by atoms with Gasteiger partial charge >= 0.3 is 0 Å². The molecule has 2 aromatic rings.